The Bertz CT molecular complexity index is 804. The third kappa shape index (κ3) is 4.72. The van der Waals surface area contributed by atoms with Crippen LogP contribution in [0.3, 0.4) is 0 Å². The number of benzene rings is 2. The van der Waals surface area contributed by atoms with Crippen LogP contribution in [0.2, 0.25) is 0 Å². The standard InChI is InChI=1S/C17H15F3N2O3/c1-10(23)21-14-7-6-13(25-2)9-15(14)22-16(24)11-4-3-5-12(8-11)17(18,19)20/h3-9H,1-2H3,(H,21,23)(H,22,24). The van der Waals surface area contributed by atoms with Gasteiger partial charge in [0.2, 0.25) is 5.91 Å². The number of carbonyl (C=O) groups excluding carboxylic acids is 2. The predicted molar refractivity (Wildman–Crippen MR) is 86.7 cm³/mol. The SMILES string of the molecule is COc1ccc(NC(C)=O)c(NC(=O)c2cccc(C(F)(F)F)c2)c1. The van der Waals surface area contributed by atoms with E-state index >= 15 is 0 Å². The Balaban J connectivity index is 2.32. The molecule has 0 radical (unpaired) electrons. The number of rotatable bonds is 4. The molecule has 0 bridgehead atoms. The van der Waals surface area contributed by atoms with E-state index in [4.69, 9.17) is 4.74 Å². The molecule has 0 spiro atoms. The molecule has 0 unspecified atom stereocenters. The predicted octanol–water partition coefficient (Wildman–Crippen LogP) is 3.92. The normalized spacial score (nSPS) is 10.9. The molecule has 132 valence electrons. The van der Waals surface area contributed by atoms with Gasteiger partial charge >= 0.3 is 6.18 Å². The molecule has 8 heteroatoms. The molecule has 0 aliphatic heterocycles. The minimum absolute atomic E-state index is 0.161. The smallest absolute Gasteiger partial charge is 0.416 e. The van der Waals surface area contributed by atoms with Gasteiger partial charge in [0.05, 0.1) is 24.0 Å². The highest BCUT2D eigenvalue weighted by Crippen LogP contribution is 2.31. The first-order chi connectivity index (χ1) is 11.7. The van der Waals surface area contributed by atoms with E-state index in [1.807, 2.05) is 0 Å². The summed E-state index contributed by atoms with van der Waals surface area (Å²) in [5.41, 5.74) is -0.579. The van der Waals surface area contributed by atoms with Crippen molar-refractivity contribution in [3.63, 3.8) is 0 Å². The number of ether oxygens (including phenoxy) is 1. The molecule has 0 saturated heterocycles. The summed E-state index contributed by atoms with van der Waals surface area (Å²) in [6.07, 6.45) is -4.55. The highest BCUT2D eigenvalue weighted by molar-refractivity contribution is 6.07. The number of amides is 2. The van der Waals surface area contributed by atoms with Crippen LogP contribution in [0.15, 0.2) is 42.5 Å². The lowest BCUT2D eigenvalue weighted by molar-refractivity contribution is -0.137. The van der Waals surface area contributed by atoms with Crippen LogP contribution < -0.4 is 15.4 Å². The minimum atomic E-state index is -4.55. The lowest BCUT2D eigenvalue weighted by Gasteiger charge is -2.14. The lowest BCUT2D eigenvalue weighted by Crippen LogP contribution is -2.16. The molecule has 0 saturated carbocycles. The van der Waals surface area contributed by atoms with Crippen molar-refractivity contribution in [2.75, 3.05) is 17.7 Å². The molecule has 0 aliphatic rings. The van der Waals surface area contributed by atoms with Crippen molar-refractivity contribution in [1.29, 1.82) is 0 Å². The number of methoxy groups -OCH3 is 1. The van der Waals surface area contributed by atoms with E-state index < -0.39 is 17.6 Å². The molecule has 5 nitrogen and oxygen atoms in total. The molecule has 0 aliphatic carbocycles. The molecule has 2 aromatic rings. The summed E-state index contributed by atoms with van der Waals surface area (Å²) in [5, 5.41) is 5.01. The van der Waals surface area contributed by atoms with Gasteiger partial charge in [-0.3, -0.25) is 9.59 Å². The number of hydrogen-bond acceptors (Lipinski definition) is 3. The number of nitrogens with one attached hydrogen (secondary N) is 2. The maximum atomic E-state index is 12.8. The Hall–Kier alpha value is -3.03. The van der Waals surface area contributed by atoms with Crippen molar-refractivity contribution in [3.05, 3.63) is 53.6 Å². The fourth-order valence-electron chi connectivity index (χ4n) is 2.08. The summed E-state index contributed by atoms with van der Waals surface area (Å²) in [6, 6.07) is 8.60. The summed E-state index contributed by atoms with van der Waals surface area (Å²) >= 11 is 0. The van der Waals surface area contributed by atoms with Gasteiger partial charge in [0, 0.05) is 18.6 Å². The van der Waals surface area contributed by atoms with Gasteiger partial charge in [-0.25, -0.2) is 0 Å². The fourth-order valence-corrected chi connectivity index (χ4v) is 2.08. The molecular weight excluding hydrogens is 337 g/mol. The first-order valence-corrected chi connectivity index (χ1v) is 7.15. The van der Waals surface area contributed by atoms with Gasteiger partial charge in [0.1, 0.15) is 5.75 Å². The van der Waals surface area contributed by atoms with E-state index in [-0.39, 0.29) is 17.2 Å². The first kappa shape index (κ1) is 18.3. The van der Waals surface area contributed by atoms with Crippen molar-refractivity contribution < 1.29 is 27.5 Å². The zero-order chi connectivity index (χ0) is 18.6. The van der Waals surface area contributed by atoms with Crippen LogP contribution in [0.4, 0.5) is 24.5 Å². The Morgan fingerprint density at radius 3 is 2.32 bits per heavy atom. The Labute approximate surface area is 141 Å². The second-order valence-electron chi connectivity index (χ2n) is 5.13. The van der Waals surface area contributed by atoms with Crippen LogP contribution >= 0.6 is 0 Å². The highest BCUT2D eigenvalue weighted by Gasteiger charge is 2.30. The summed E-state index contributed by atoms with van der Waals surface area (Å²) in [4.78, 5) is 23.5. The van der Waals surface area contributed by atoms with Crippen LogP contribution in [0, 0.1) is 0 Å². The summed E-state index contributed by atoms with van der Waals surface area (Å²) < 4.78 is 43.4. The fraction of sp³-hybridized carbons (Fsp3) is 0.176. The molecule has 0 fully saturated rings. The molecule has 25 heavy (non-hydrogen) atoms. The zero-order valence-corrected chi connectivity index (χ0v) is 13.4. The summed E-state index contributed by atoms with van der Waals surface area (Å²) in [7, 11) is 1.42. The van der Waals surface area contributed by atoms with Crippen molar-refractivity contribution >= 4 is 23.2 Å². The second kappa shape index (κ2) is 7.25. The lowest BCUT2D eigenvalue weighted by atomic mass is 10.1. The van der Waals surface area contributed by atoms with Gasteiger partial charge in [-0.2, -0.15) is 13.2 Å². The molecule has 0 aromatic heterocycles. The van der Waals surface area contributed by atoms with Crippen LogP contribution in [0.25, 0.3) is 0 Å². The van der Waals surface area contributed by atoms with Crippen LogP contribution in [0.5, 0.6) is 5.75 Å². The maximum Gasteiger partial charge on any atom is 0.416 e. The largest absolute Gasteiger partial charge is 0.497 e. The number of hydrogen-bond donors (Lipinski definition) is 2. The molecule has 2 amide bonds. The average molecular weight is 352 g/mol. The quantitative estimate of drug-likeness (QED) is 0.876. The van der Waals surface area contributed by atoms with Gasteiger partial charge < -0.3 is 15.4 Å². The maximum absolute atomic E-state index is 12.8. The van der Waals surface area contributed by atoms with E-state index in [1.54, 1.807) is 6.07 Å². The molecule has 0 heterocycles. The second-order valence-corrected chi connectivity index (χ2v) is 5.13. The Morgan fingerprint density at radius 1 is 1.00 bits per heavy atom. The first-order valence-electron chi connectivity index (χ1n) is 7.15. The van der Waals surface area contributed by atoms with Crippen LogP contribution in [-0.2, 0) is 11.0 Å². The summed E-state index contributed by atoms with van der Waals surface area (Å²) in [6.45, 7) is 1.29. The number of halogens is 3. The van der Waals surface area contributed by atoms with Crippen molar-refractivity contribution in [2.24, 2.45) is 0 Å². The number of carbonyl (C=O) groups is 2. The molecule has 2 N–H and O–H groups in total. The number of alkyl halides is 3. The van der Waals surface area contributed by atoms with Gasteiger partial charge in [-0.05, 0) is 30.3 Å². The van der Waals surface area contributed by atoms with E-state index in [9.17, 15) is 22.8 Å². The third-order valence-corrected chi connectivity index (χ3v) is 3.24. The van der Waals surface area contributed by atoms with Crippen LogP contribution in [0.1, 0.15) is 22.8 Å². The molecular formula is C17H15F3N2O3. The third-order valence-electron chi connectivity index (χ3n) is 3.24. The van der Waals surface area contributed by atoms with Gasteiger partial charge in [0.25, 0.3) is 5.91 Å². The topological polar surface area (TPSA) is 67.4 Å². The Morgan fingerprint density at radius 2 is 1.72 bits per heavy atom. The van der Waals surface area contributed by atoms with Crippen LogP contribution in [-0.4, -0.2) is 18.9 Å². The van der Waals surface area contributed by atoms with Gasteiger partial charge in [-0.15, -0.1) is 0 Å². The van der Waals surface area contributed by atoms with Crippen molar-refractivity contribution in [1.82, 2.24) is 0 Å². The highest BCUT2D eigenvalue weighted by atomic mass is 19.4. The van der Waals surface area contributed by atoms with Crippen molar-refractivity contribution in [2.45, 2.75) is 13.1 Å². The zero-order valence-electron chi connectivity index (χ0n) is 13.4. The molecule has 2 aromatic carbocycles. The van der Waals surface area contributed by atoms with E-state index in [0.29, 0.717) is 11.4 Å². The summed E-state index contributed by atoms with van der Waals surface area (Å²) in [5.74, 6) is -0.695. The average Bonchev–Trinajstić information content (AvgIpc) is 2.55. The molecule has 0 atom stereocenters. The van der Waals surface area contributed by atoms with Gasteiger partial charge in [-0.1, -0.05) is 6.07 Å². The minimum Gasteiger partial charge on any atom is -0.497 e. The monoisotopic (exact) mass is 352 g/mol. The van der Waals surface area contributed by atoms with E-state index in [0.717, 1.165) is 18.2 Å². The van der Waals surface area contributed by atoms with Crippen molar-refractivity contribution in [3.8, 4) is 5.75 Å². The number of anilines is 2. The Kier molecular flexibility index (Phi) is 5.31. The van der Waals surface area contributed by atoms with Gasteiger partial charge in [0.15, 0.2) is 0 Å². The van der Waals surface area contributed by atoms with E-state index in [1.165, 1.54) is 32.2 Å². The van der Waals surface area contributed by atoms with E-state index in [2.05, 4.69) is 10.6 Å². The molecule has 2 rings (SSSR count).